The van der Waals surface area contributed by atoms with Crippen molar-refractivity contribution in [3.8, 4) is 22.8 Å². The van der Waals surface area contributed by atoms with Gasteiger partial charge in [0.05, 0.1) is 42.6 Å². The molecule has 36 heavy (non-hydrogen) atoms. The number of aromatic nitrogens is 3. The Balaban J connectivity index is 1.76. The summed E-state index contributed by atoms with van der Waals surface area (Å²) in [5, 5.41) is 0.516. The van der Waals surface area contributed by atoms with Gasteiger partial charge in [-0.15, -0.1) is 0 Å². The van der Waals surface area contributed by atoms with Crippen LogP contribution >= 0.6 is 0 Å². The first-order valence-corrected chi connectivity index (χ1v) is 12.3. The van der Waals surface area contributed by atoms with Crippen LogP contribution in [0.25, 0.3) is 22.2 Å². The smallest absolute Gasteiger partial charge is 0.331 e. The predicted octanol–water partition coefficient (Wildman–Crippen LogP) is 4.01. The number of fused-ring (bicyclic) bond motifs is 3. The highest BCUT2D eigenvalue weighted by molar-refractivity contribution is 5.96. The fourth-order valence-electron chi connectivity index (χ4n) is 5.02. The molecule has 1 atom stereocenters. The molecule has 0 fully saturated rings. The minimum absolute atomic E-state index is 0.315. The Morgan fingerprint density at radius 1 is 1.03 bits per heavy atom. The van der Waals surface area contributed by atoms with Crippen molar-refractivity contribution in [3.63, 3.8) is 0 Å². The Morgan fingerprint density at radius 3 is 2.53 bits per heavy atom. The van der Waals surface area contributed by atoms with Crippen molar-refractivity contribution >= 4 is 10.9 Å². The molecule has 0 spiro atoms. The molecule has 0 saturated heterocycles. The first kappa shape index (κ1) is 23.9. The Bertz CT molecular complexity index is 1530. The monoisotopic (exact) mass is 489 g/mol. The van der Waals surface area contributed by atoms with Crippen LogP contribution in [0.4, 0.5) is 0 Å². The van der Waals surface area contributed by atoms with Crippen molar-refractivity contribution in [2.75, 3.05) is 20.3 Å². The summed E-state index contributed by atoms with van der Waals surface area (Å²) in [5.41, 5.74) is 3.27. The van der Waals surface area contributed by atoms with E-state index in [0.29, 0.717) is 42.2 Å². The summed E-state index contributed by atoms with van der Waals surface area (Å²) in [4.78, 5) is 26.5. The second kappa shape index (κ2) is 9.70. The van der Waals surface area contributed by atoms with Gasteiger partial charge in [0.1, 0.15) is 6.10 Å². The molecule has 1 aliphatic heterocycles. The van der Waals surface area contributed by atoms with Gasteiger partial charge in [0.15, 0.2) is 11.5 Å². The number of methoxy groups -OCH3 is 1. The van der Waals surface area contributed by atoms with Crippen LogP contribution in [0.5, 0.6) is 11.5 Å². The lowest BCUT2D eigenvalue weighted by Crippen LogP contribution is -2.37. The van der Waals surface area contributed by atoms with Crippen molar-refractivity contribution in [2.45, 2.75) is 32.4 Å². The van der Waals surface area contributed by atoms with Crippen LogP contribution in [0.2, 0.25) is 0 Å². The third-order valence-electron chi connectivity index (χ3n) is 6.85. The van der Waals surface area contributed by atoms with Crippen molar-refractivity contribution < 1.29 is 14.2 Å². The molecular formula is C28H31N3O5. The molecule has 0 unspecified atom stereocenters. The zero-order valence-electron chi connectivity index (χ0n) is 21.1. The van der Waals surface area contributed by atoms with Gasteiger partial charge in [0, 0.05) is 20.6 Å². The molecule has 5 rings (SSSR count). The maximum absolute atomic E-state index is 13.5. The molecule has 0 bridgehead atoms. The summed E-state index contributed by atoms with van der Waals surface area (Å²) in [7, 11) is 4.84. The van der Waals surface area contributed by atoms with E-state index in [-0.39, 0.29) is 11.2 Å². The first-order valence-electron chi connectivity index (χ1n) is 12.3. The van der Waals surface area contributed by atoms with Gasteiger partial charge in [-0.25, -0.2) is 4.79 Å². The van der Waals surface area contributed by atoms with Crippen molar-refractivity contribution in [3.05, 3.63) is 80.6 Å². The summed E-state index contributed by atoms with van der Waals surface area (Å²) < 4.78 is 22.7. The molecule has 188 valence electrons. The topological polar surface area (TPSA) is 76.6 Å². The Hall–Kier alpha value is -3.78. The number of benzene rings is 2. The van der Waals surface area contributed by atoms with Gasteiger partial charge in [-0.3, -0.25) is 13.9 Å². The van der Waals surface area contributed by atoms with Crippen LogP contribution < -0.4 is 20.7 Å². The van der Waals surface area contributed by atoms with Gasteiger partial charge in [0.2, 0.25) is 0 Å². The van der Waals surface area contributed by atoms with Gasteiger partial charge in [-0.05, 0) is 29.7 Å². The third kappa shape index (κ3) is 3.82. The highest BCUT2D eigenvalue weighted by Gasteiger charge is 2.33. The fraction of sp³-hybridized carbons (Fsp3) is 0.357. The van der Waals surface area contributed by atoms with E-state index >= 15 is 0 Å². The normalized spacial score (nSPS) is 15.2. The van der Waals surface area contributed by atoms with Crippen LogP contribution in [0.1, 0.15) is 37.1 Å². The number of unbranched alkanes of at least 4 members (excludes halogenated alkanes) is 1. The lowest BCUT2D eigenvalue weighted by molar-refractivity contribution is 0.0477. The number of nitrogens with zero attached hydrogens (tertiary/aromatic N) is 3. The molecule has 3 heterocycles. The number of hydrogen-bond acceptors (Lipinski definition) is 5. The number of hydrogen-bond donors (Lipinski definition) is 0. The van der Waals surface area contributed by atoms with Crippen molar-refractivity contribution in [1.82, 2.24) is 13.7 Å². The van der Waals surface area contributed by atoms with E-state index in [4.69, 9.17) is 14.2 Å². The molecular weight excluding hydrogens is 458 g/mol. The molecule has 0 aliphatic carbocycles. The third-order valence-corrected chi connectivity index (χ3v) is 6.85. The van der Waals surface area contributed by atoms with E-state index in [1.165, 1.54) is 11.6 Å². The summed E-state index contributed by atoms with van der Waals surface area (Å²) in [6.07, 6.45) is 1.51. The van der Waals surface area contributed by atoms with E-state index in [0.717, 1.165) is 35.4 Å². The second-order valence-electron chi connectivity index (χ2n) is 9.04. The van der Waals surface area contributed by atoms with E-state index in [9.17, 15) is 9.59 Å². The molecule has 0 amide bonds. The summed E-state index contributed by atoms with van der Waals surface area (Å²) in [6.45, 7) is 3.76. The number of rotatable bonds is 7. The van der Waals surface area contributed by atoms with Crippen LogP contribution in [0, 0.1) is 0 Å². The quantitative estimate of drug-likeness (QED) is 0.367. The maximum Gasteiger partial charge on any atom is 0.331 e. The van der Waals surface area contributed by atoms with Crippen molar-refractivity contribution in [2.24, 2.45) is 14.1 Å². The van der Waals surface area contributed by atoms with Crippen LogP contribution in [0.3, 0.4) is 0 Å². The SMILES string of the molecule is CCCCOc1ccc([C@H]2OCCn3c(-c4ccccc4)c4c(=O)n(C)c(=O)n(C)c4c32)cc1OC. The average Bonchev–Trinajstić information content (AvgIpc) is 3.27. The minimum atomic E-state index is -0.491. The molecule has 0 N–H and O–H groups in total. The second-order valence-corrected chi connectivity index (χ2v) is 9.04. The summed E-state index contributed by atoms with van der Waals surface area (Å²) >= 11 is 0. The van der Waals surface area contributed by atoms with Crippen LogP contribution in [0.15, 0.2) is 58.1 Å². The molecule has 0 radical (unpaired) electrons. The van der Waals surface area contributed by atoms with Gasteiger partial charge in [-0.1, -0.05) is 49.7 Å². The highest BCUT2D eigenvalue weighted by Crippen LogP contribution is 2.42. The van der Waals surface area contributed by atoms with Gasteiger partial charge in [-0.2, -0.15) is 0 Å². The Kier molecular flexibility index (Phi) is 6.45. The number of aryl methyl sites for hydroxylation is 1. The fourth-order valence-corrected chi connectivity index (χ4v) is 5.02. The van der Waals surface area contributed by atoms with E-state index < -0.39 is 6.10 Å². The molecule has 4 aromatic rings. The van der Waals surface area contributed by atoms with E-state index in [1.54, 1.807) is 18.7 Å². The summed E-state index contributed by atoms with van der Waals surface area (Å²) in [5.74, 6) is 1.30. The molecule has 0 saturated carbocycles. The van der Waals surface area contributed by atoms with Gasteiger partial charge < -0.3 is 18.8 Å². The lowest BCUT2D eigenvalue weighted by atomic mass is 10.0. The molecule has 8 heteroatoms. The highest BCUT2D eigenvalue weighted by atomic mass is 16.5. The maximum atomic E-state index is 13.5. The minimum Gasteiger partial charge on any atom is -0.493 e. The average molecular weight is 490 g/mol. The van der Waals surface area contributed by atoms with Gasteiger partial charge in [0.25, 0.3) is 5.56 Å². The Labute approximate surface area is 209 Å². The zero-order chi connectivity index (χ0) is 25.4. The van der Waals surface area contributed by atoms with E-state index in [2.05, 4.69) is 11.5 Å². The van der Waals surface area contributed by atoms with E-state index in [1.807, 2.05) is 48.5 Å². The molecule has 2 aromatic carbocycles. The lowest BCUT2D eigenvalue weighted by Gasteiger charge is -2.28. The first-order chi connectivity index (χ1) is 17.5. The van der Waals surface area contributed by atoms with Crippen molar-refractivity contribution in [1.29, 1.82) is 0 Å². The molecule has 1 aliphatic rings. The van der Waals surface area contributed by atoms with Crippen LogP contribution in [-0.4, -0.2) is 34.0 Å². The summed E-state index contributed by atoms with van der Waals surface area (Å²) in [6, 6.07) is 15.6. The molecule has 8 nitrogen and oxygen atoms in total. The Morgan fingerprint density at radius 2 is 1.81 bits per heavy atom. The number of ether oxygens (including phenoxy) is 3. The zero-order valence-corrected chi connectivity index (χ0v) is 21.1. The largest absolute Gasteiger partial charge is 0.493 e. The molecule has 2 aromatic heterocycles. The predicted molar refractivity (Wildman–Crippen MR) is 139 cm³/mol. The van der Waals surface area contributed by atoms with Gasteiger partial charge >= 0.3 is 5.69 Å². The standard InChI is InChI=1S/C28H31N3O5/c1-5-6-15-35-20-13-12-19(17-21(20)34-4)26-25-24-22(27(32)30(3)28(33)29(24)2)23(31(25)14-16-36-26)18-10-8-7-9-11-18/h7-13,17,26H,5-6,14-16H2,1-4H3/t26-/m1/s1. The van der Waals surface area contributed by atoms with Crippen LogP contribution in [-0.2, 0) is 25.4 Å².